The first-order valence-electron chi connectivity index (χ1n) is 10.7. The van der Waals surface area contributed by atoms with Crippen LogP contribution in [0.3, 0.4) is 0 Å². The number of carbonyl (C=O) groups is 3. The summed E-state index contributed by atoms with van der Waals surface area (Å²) in [7, 11) is 1.38. The highest BCUT2D eigenvalue weighted by Gasteiger charge is 2.18. The molecule has 186 valence electrons. The molecule has 3 aromatic rings. The van der Waals surface area contributed by atoms with Crippen LogP contribution in [0.1, 0.15) is 12.8 Å². The molecule has 0 saturated heterocycles. The molecule has 0 spiro atoms. The van der Waals surface area contributed by atoms with Crippen LogP contribution in [0.25, 0.3) is 0 Å². The van der Waals surface area contributed by atoms with Crippen molar-refractivity contribution in [3.63, 3.8) is 0 Å². The quantitative estimate of drug-likeness (QED) is 0.228. The van der Waals surface area contributed by atoms with E-state index in [1.165, 1.54) is 25.3 Å². The Morgan fingerprint density at radius 3 is 2.17 bits per heavy atom. The number of nitro groups is 1. The molecule has 11 heteroatoms. The zero-order valence-electron chi connectivity index (χ0n) is 19.3. The van der Waals surface area contributed by atoms with Crippen molar-refractivity contribution in [1.82, 2.24) is 0 Å². The zero-order valence-corrected chi connectivity index (χ0v) is 19.3. The molecule has 0 unspecified atom stereocenters. The maximum atomic E-state index is 12.1. The Kier molecular flexibility index (Phi) is 8.93. The normalized spacial score (nSPS) is 10.1. The van der Waals surface area contributed by atoms with E-state index >= 15 is 0 Å². The van der Waals surface area contributed by atoms with E-state index in [9.17, 15) is 24.5 Å². The molecular weight excluding hydrogens is 470 g/mol. The van der Waals surface area contributed by atoms with Crippen molar-refractivity contribution in [2.45, 2.75) is 12.8 Å². The van der Waals surface area contributed by atoms with E-state index in [0.29, 0.717) is 22.9 Å². The lowest BCUT2D eigenvalue weighted by Gasteiger charge is -2.09. The van der Waals surface area contributed by atoms with Crippen LogP contribution in [0.15, 0.2) is 72.8 Å². The predicted molar refractivity (Wildman–Crippen MR) is 130 cm³/mol. The molecule has 36 heavy (non-hydrogen) atoms. The van der Waals surface area contributed by atoms with Crippen molar-refractivity contribution < 1.29 is 33.5 Å². The molecule has 3 rings (SSSR count). The Morgan fingerprint density at radius 2 is 1.50 bits per heavy atom. The average molecular weight is 493 g/mol. The van der Waals surface area contributed by atoms with Crippen molar-refractivity contribution in [3.05, 3.63) is 82.9 Å². The molecule has 0 fully saturated rings. The summed E-state index contributed by atoms with van der Waals surface area (Å²) >= 11 is 0. The van der Waals surface area contributed by atoms with Gasteiger partial charge >= 0.3 is 5.97 Å². The molecule has 11 nitrogen and oxygen atoms in total. The number of nitro benzene ring substituents is 1. The van der Waals surface area contributed by atoms with Crippen LogP contribution in [0.4, 0.5) is 17.1 Å². The van der Waals surface area contributed by atoms with Gasteiger partial charge in [-0.2, -0.15) is 0 Å². The Morgan fingerprint density at radius 1 is 0.833 bits per heavy atom. The molecule has 2 N–H and O–H groups in total. The van der Waals surface area contributed by atoms with Crippen LogP contribution in [0.5, 0.6) is 17.2 Å². The van der Waals surface area contributed by atoms with Gasteiger partial charge in [-0.25, -0.2) is 0 Å². The molecular formula is C25H23N3O8. The topological polar surface area (TPSA) is 146 Å². The molecule has 0 bridgehead atoms. The Hall–Kier alpha value is -4.93. The molecule has 0 aliphatic carbocycles. The summed E-state index contributed by atoms with van der Waals surface area (Å²) in [6, 6.07) is 19.8. The molecule has 0 aliphatic heterocycles. The highest BCUT2D eigenvalue weighted by Crippen LogP contribution is 2.28. The number of methoxy groups -OCH3 is 1. The van der Waals surface area contributed by atoms with Gasteiger partial charge in [0.25, 0.3) is 11.6 Å². The van der Waals surface area contributed by atoms with Crippen LogP contribution in [-0.4, -0.2) is 36.4 Å². The van der Waals surface area contributed by atoms with Gasteiger partial charge < -0.3 is 24.8 Å². The number of carbonyl (C=O) groups excluding carboxylic acids is 3. The number of rotatable bonds is 11. The van der Waals surface area contributed by atoms with E-state index in [4.69, 9.17) is 14.2 Å². The number of amides is 2. The number of esters is 1. The number of ether oxygens (including phenoxy) is 3. The van der Waals surface area contributed by atoms with Crippen LogP contribution in [0.2, 0.25) is 0 Å². The zero-order chi connectivity index (χ0) is 25.9. The lowest BCUT2D eigenvalue weighted by molar-refractivity contribution is -0.383. The summed E-state index contributed by atoms with van der Waals surface area (Å²) in [5, 5.41) is 16.1. The summed E-state index contributed by atoms with van der Waals surface area (Å²) < 4.78 is 15.5. The van der Waals surface area contributed by atoms with Gasteiger partial charge in [0, 0.05) is 24.2 Å². The first kappa shape index (κ1) is 25.7. The maximum absolute atomic E-state index is 12.1. The van der Waals surface area contributed by atoms with E-state index in [0.717, 1.165) is 0 Å². The largest absolute Gasteiger partial charge is 0.497 e. The minimum absolute atomic E-state index is 0.0973. The molecule has 0 aromatic heterocycles. The summed E-state index contributed by atoms with van der Waals surface area (Å²) in [5.74, 6) is -0.380. The summed E-state index contributed by atoms with van der Waals surface area (Å²) in [4.78, 5) is 46.6. The highest BCUT2D eigenvalue weighted by molar-refractivity contribution is 5.96. The third kappa shape index (κ3) is 7.83. The number of para-hydroxylation sites is 1. The molecule has 0 saturated carbocycles. The third-order valence-corrected chi connectivity index (χ3v) is 4.71. The number of hydrogen-bond donors (Lipinski definition) is 2. The minimum Gasteiger partial charge on any atom is -0.497 e. The van der Waals surface area contributed by atoms with E-state index in [1.54, 1.807) is 24.3 Å². The second-order valence-corrected chi connectivity index (χ2v) is 7.34. The summed E-state index contributed by atoms with van der Waals surface area (Å²) in [6.07, 6.45) is -0.419. The van der Waals surface area contributed by atoms with Gasteiger partial charge in [-0.1, -0.05) is 18.2 Å². The molecule has 3 aromatic carbocycles. The Labute approximate surface area is 206 Å². The van der Waals surface area contributed by atoms with Gasteiger partial charge in [0.15, 0.2) is 6.61 Å². The molecule has 0 radical (unpaired) electrons. The van der Waals surface area contributed by atoms with Crippen molar-refractivity contribution in [2.75, 3.05) is 24.4 Å². The number of nitrogens with zero attached hydrogens (tertiary/aromatic N) is 1. The average Bonchev–Trinajstić information content (AvgIpc) is 2.87. The van der Waals surface area contributed by atoms with Crippen LogP contribution in [-0.2, 0) is 19.1 Å². The highest BCUT2D eigenvalue weighted by atomic mass is 16.6. The first-order chi connectivity index (χ1) is 17.3. The maximum Gasteiger partial charge on any atom is 0.306 e. The SMILES string of the molecule is COc1ccc([N+](=O)[O-])c(NC(=O)COC(=O)CCC(=O)Nc2ccc(Oc3ccccc3)cc2)c1. The molecule has 0 heterocycles. The van der Waals surface area contributed by atoms with Gasteiger partial charge in [-0.3, -0.25) is 24.5 Å². The third-order valence-electron chi connectivity index (χ3n) is 4.71. The van der Waals surface area contributed by atoms with Crippen LogP contribution < -0.4 is 20.1 Å². The number of nitrogens with one attached hydrogen (secondary N) is 2. The molecule has 2 amide bonds. The van der Waals surface area contributed by atoms with E-state index < -0.39 is 29.3 Å². The van der Waals surface area contributed by atoms with Crippen LogP contribution in [0, 0.1) is 10.1 Å². The first-order valence-corrected chi connectivity index (χ1v) is 10.7. The van der Waals surface area contributed by atoms with Crippen molar-refractivity contribution >= 4 is 34.8 Å². The Bertz CT molecular complexity index is 1230. The lowest BCUT2D eigenvalue weighted by atomic mass is 10.2. The van der Waals surface area contributed by atoms with E-state index in [2.05, 4.69) is 10.6 Å². The molecule has 0 atom stereocenters. The minimum atomic E-state index is -0.776. The second kappa shape index (κ2) is 12.5. The fourth-order valence-corrected chi connectivity index (χ4v) is 2.98. The fourth-order valence-electron chi connectivity index (χ4n) is 2.98. The number of benzene rings is 3. The number of anilines is 2. The van der Waals surface area contributed by atoms with Crippen molar-refractivity contribution in [2.24, 2.45) is 0 Å². The van der Waals surface area contributed by atoms with Gasteiger partial charge in [-0.15, -0.1) is 0 Å². The standard InChI is InChI=1S/C25H23N3O8/c1-34-20-11-12-22(28(32)33)21(15-20)27-24(30)16-35-25(31)14-13-23(29)26-17-7-9-19(10-8-17)36-18-5-3-2-4-6-18/h2-12,15H,13-14,16H2,1H3,(H,26,29)(H,27,30). The molecule has 0 aliphatic rings. The number of hydrogen-bond acceptors (Lipinski definition) is 8. The second-order valence-electron chi connectivity index (χ2n) is 7.34. The monoisotopic (exact) mass is 493 g/mol. The lowest BCUT2D eigenvalue weighted by Crippen LogP contribution is -2.22. The smallest absolute Gasteiger partial charge is 0.306 e. The van der Waals surface area contributed by atoms with Gasteiger partial charge in [-0.05, 0) is 42.5 Å². The van der Waals surface area contributed by atoms with Gasteiger partial charge in [0.05, 0.1) is 18.5 Å². The van der Waals surface area contributed by atoms with Crippen LogP contribution >= 0.6 is 0 Å². The van der Waals surface area contributed by atoms with Gasteiger partial charge in [0.1, 0.15) is 22.9 Å². The fraction of sp³-hybridized carbons (Fsp3) is 0.160. The van der Waals surface area contributed by atoms with Crippen molar-refractivity contribution in [1.29, 1.82) is 0 Å². The van der Waals surface area contributed by atoms with E-state index in [-0.39, 0.29) is 24.2 Å². The van der Waals surface area contributed by atoms with E-state index in [1.807, 2.05) is 30.3 Å². The summed E-state index contributed by atoms with van der Waals surface area (Å²) in [6.45, 7) is -0.669. The Balaban J connectivity index is 1.40. The predicted octanol–water partition coefficient (Wildman–Crippen LogP) is 4.30. The summed E-state index contributed by atoms with van der Waals surface area (Å²) in [5.41, 5.74) is 0.0832. The van der Waals surface area contributed by atoms with Crippen molar-refractivity contribution in [3.8, 4) is 17.2 Å². The van der Waals surface area contributed by atoms with Gasteiger partial charge in [0.2, 0.25) is 5.91 Å².